The van der Waals surface area contributed by atoms with Gasteiger partial charge in [-0.25, -0.2) is 0 Å². The minimum atomic E-state index is -4.25. The van der Waals surface area contributed by atoms with Gasteiger partial charge in [-0.05, 0) is 54.5 Å². The fraction of sp³-hybridized carbons (Fsp3) is 0.429. The zero-order valence-corrected chi connectivity index (χ0v) is 18.0. The molecule has 1 atom stereocenters. The van der Waals surface area contributed by atoms with Crippen LogP contribution in [0.4, 0.5) is 11.4 Å². The summed E-state index contributed by atoms with van der Waals surface area (Å²) in [5.74, 6) is 0. The highest BCUT2D eigenvalue weighted by Gasteiger charge is 2.37. The normalized spacial score (nSPS) is 14.6. The lowest BCUT2D eigenvalue weighted by atomic mass is 10.0. The van der Waals surface area contributed by atoms with Crippen molar-refractivity contribution in [3.05, 3.63) is 47.0 Å². The number of benzene rings is 2. The number of rotatable bonds is 6. The fourth-order valence-corrected chi connectivity index (χ4v) is 5.96. The van der Waals surface area contributed by atoms with Crippen LogP contribution in [0.25, 0.3) is 0 Å². The second-order valence-corrected chi connectivity index (χ2v) is 9.40. The van der Waals surface area contributed by atoms with Crippen molar-refractivity contribution in [2.24, 2.45) is 0 Å². The molecule has 0 radical (unpaired) electrons. The van der Waals surface area contributed by atoms with E-state index < -0.39 is 15.5 Å². The molecule has 146 valence electrons. The topological polar surface area (TPSA) is 57.6 Å². The van der Waals surface area contributed by atoms with Gasteiger partial charge in [-0.15, -0.1) is 0 Å². The van der Waals surface area contributed by atoms with Gasteiger partial charge in [-0.1, -0.05) is 57.7 Å². The van der Waals surface area contributed by atoms with Crippen molar-refractivity contribution in [1.29, 1.82) is 0 Å². The molecule has 0 saturated heterocycles. The van der Waals surface area contributed by atoms with Crippen LogP contribution in [0, 0.1) is 0 Å². The van der Waals surface area contributed by atoms with Gasteiger partial charge < -0.3 is 4.90 Å². The molecule has 0 spiro atoms. The minimum Gasteiger partial charge on any atom is -0.319 e. The van der Waals surface area contributed by atoms with Crippen LogP contribution in [-0.4, -0.2) is 18.3 Å². The van der Waals surface area contributed by atoms with E-state index in [9.17, 15) is 13.0 Å². The lowest BCUT2D eigenvalue weighted by molar-refractivity contribution is 0.464. The Hall–Kier alpha value is -1.50. The lowest BCUT2D eigenvalue weighted by Gasteiger charge is -2.39. The highest BCUT2D eigenvalue weighted by molar-refractivity contribution is 7.99. The molecule has 1 unspecified atom stereocenters. The molecule has 4 nitrogen and oxygen atoms in total. The quantitative estimate of drug-likeness (QED) is 0.634. The second kappa shape index (κ2) is 7.86. The summed E-state index contributed by atoms with van der Waals surface area (Å²) in [5.41, 5.74) is 5.30. The molecule has 3 rings (SSSR count). The minimum absolute atomic E-state index is 0.304. The van der Waals surface area contributed by atoms with Crippen molar-refractivity contribution in [3.63, 3.8) is 0 Å². The molecule has 1 heterocycles. The molecule has 6 heteroatoms. The molecule has 1 aliphatic rings. The molecule has 1 aliphatic heterocycles. The van der Waals surface area contributed by atoms with E-state index in [1.807, 2.05) is 23.1 Å². The average Bonchev–Trinajstić information content (AvgIpc) is 2.65. The summed E-state index contributed by atoms with van der Waals surface area (Å²) in [5, 5.41) is -1.000. The summed E-state index contributed by atoms with van der Waals surface area (Å²) in [7, 11) is -4.25. The van der Waals surface area contributed by atoms with Gasteiger partial charge in [-0.3, -0.25) is 4.55 Å². The van der Waals surface area contributed by atoms with Crippen LogP contribution in [0.1, 0.15) is 50.8 Å². The Labute approximate surface area is 166 Å². The number of nitrogens with zero attached hydrogens (tertiary/aromatic N) is 1. The van der Waals surface area contributed by atoms with Crippen molar-refractivity contribution in [2.45, 2.75) is 68.5 Å². The van der Waals surface area contributed by atoms with Gasteiger partial charge in [0.15, 0.2) is 5.37 Å². The first-order valence-corrected chi connectivity index (χ1v) is 11.9. The lowest BCUT2D eigenvalue weighted by Crippen LogP contribution is -2.39. The second-order valence-electron chi connectivity index (χ2n) is 6.78. The molecule has 0 amide bonds. The van der Waals surface area contributed by atoms with Crippen LogP contribution in [0.5, 0.6) is 0 Å². The van der Waals surface area contributed by atoms with Gasteiger partial charge >= 0.3 is 0 Å². The van der Waals surface area contributed by atoms with Crippen LogP contribution in [0.2, 0.25) is 0 Å². The molecule has 0 bridgehead atoms. The summed E-state index contributed by atoms with van der Waals surface area (Å²) < 4.78 is 34.6. The molecule has 2 aromatic rings. The van der Waals surface area contributed by atoms with Gasteiger partial charge in [0.25, 0.3) is 10.1 Å². The largest absolute Gasteiger partial charge is 0.319 e. The predicted molar refractivity (Wildman–Crippen MR) is 113 cm³/mol. The third kappa shape index (κ3) is 3.62. The van der Waals surface area contributed by atoms with E-state index in [2.05, 4.69) is 32.9 Å². The zero-order valence-electron chi connectivity index (χ0n) is 16.3. The Morgan fingerprint density at radius 1 is 1.04 bits per heavy atom. The highest BCUT2D eigenvalue weighted by Crippen LogP contribution is 2.53. The van der Waals surface area contributed by atoms with Crippen molar-refractivity contribution < 1.29 is 13.0 Å². The van der Waals surface area contributed by atoms with Gasteiger partial charge in [0.2, 0.25) is 0 Å². The SMILES string of the molecule is CCc1cc(CC)c2c(c1)N(C(CC)S(=O)(=O)O)c1c(CC)cccc1S2. The monoisotopic (exact) mass is 405 g/mol. The van der Waals surface area contributed by atoms with E-state index in [0.717, 1.165) is 46.0 Å². The maximum Gasteiger partial charge on any atom is 0.286 e. The van der Waals surface area contributed by atoms with Crippen molar-refractivity contribution in [2.75, 3.05) is 4.90 Å². The summed E-state index contributed by atoms with van der Waals surface area (Å²) in [6.45, 7) is 8.10. The number of hydrogen-bond donors (Lipinski definition) is 1. The first-order chi connectivity index (χ1) is 12.8. The first kappa shape index (κ1) is 20.2. The third-order valence-corrected chi connectivity index (χ3v) is 7.61. The Bertz CT molecular complexity index is 954. The number of anilines is 2. The third-order valence-electron chi connectivity index (χ3n) is 5.15. The summed E-state index contributed by atoms with van der Waals surface area (Å²) in [4.78, 5) is 4.01. The fourth-order valence-electron chi connectivity index (χ4n) is 3.76. The molecule has 2 aromatic carbocycles. The van der Waals surface area contributed by atoms with E-state index in [1.165, 1.54) is 11.1 Å². The van der Waals surface area contributed by atoms with Crippen LogP contribution in [0.3, 0.4) is 0 Å². The van der Waals surface area contributed by atoms with Crippen molar-refractivity contribution >= 4 is 33.3 Å². The smallest absolute Gasteiger partial charge is 0.286 e. The van der Waals surface area contributed by atoms with E-state index in [1.54, 1.807) is 18.7 Å². The Balaban J connectivity index is 2.37. The van der Waals surface area contributed by atoms with Crippen LogP contribution >= 0.6 is 11.8 Å². The maximum absolute atomic E-state index is 12.3. The molecule has 1 N–H and O–H groups in total. The highest BCUT2D eigenvalue weighted by atomic mass is 32.2. The van der Waals surface area contributed by atoms with Crippen LogP contribution in [0.15, 0.2) is 40.1 Å². The van der Waals surface area contributed by atoms with E-state index >= 15 is 0 Å². The van der Waals surface area contributed by atoms with Crippen molar-refractivity contribution in [1.82, 2.24) is 0 Å². The Kier molecular flexibility index (Phi) is 5.89. The molecule has 0 saturated carbocycles. The number of aryl methyl sites for hydroxylation is 3. The molecule has 0 aliphatic carbocycles. The first-order valence-electron chi connectivity index (χ1n) is 9.56. The van der Waals surface area contributed by atoms with E-state index in [-0.39, 0.29) is 0 Å². The summed E-state index contributed by atoms with van der Waals surface area (Å²) in [6.07, 6.45) is 2.86. The summed E-state index contributed by atoms with van der Waals surface area (Å²) in [6, 6.07) is 10.4. The van der Waals surface area contributed by atoms with E-state index in [4.69, 9.17) is 0 Å². The van der Waals surface area contributed by atoms with Gasteiger partial charge in [0.1, 0.15) is 0 Å². The van der Waals surface area contributed by atoms with Crippen LogP contribution in [-0.2, 0) is 29.4 Å². The molecular formula is C21H27NO3S2. The number of hydrogen-bond acceptors (Lipinski definition) is 4. The zero-order chi connectivity index (χ0) is 19.8. The number of fused-ring (bicyclic) bond motifs is 2. The molecule has 27 heavy (non-hydrogen) atoms. The van der Waals surface area contributed by atoms with E-state index in [0.29, 0.717) is 6.42 Å². The van der Waals surface area contributed by atoms with Gasteiger partial charge in [0.05, 0.1) is 11.4 Å². The Morgan fingerprint density at radius 2 is 1.74 bits per heavy atom. The molecular weight excluding hydrogens is 378 g/mol. The van der Waals surface area contributed by atoms with Crippen molar-refractivity contribution in [3.8, 4) is 0 Å². The summed E-state index contributed by atoms with van der Waals surface area (Å²) >= 11 is 1.71. The average molecular weight is 406 g/mol. The maximum atomic E-state index is 12.3. The van der Waals surface area contributed by atoms with Gasteiger partial charge in [0, 0.05) is 9.79 Å². The Morgan fingerprint density at radius 3 is 2.30 bits per heavy atom. The molecule has 0 fully saturated rings. The van der Waals surface area contributed by atoms with Crippen LogP contribution < -0.4 is 4.90 Å². The number of para-hydroxylation sites is 1. The predicted octanol–water partition coefficient (Wildman–Crippen LogP) is 5.60. The molecule has 0 aromatic heterocycles. The standard InChI is InChI=1S/C21H27NO3S2/c1-5-14-12-16(7-3)21-17(13-14)22(19(8-4)27(23,24)25)20-15(6-2)10-9-11-18(20)26-21/h9-13,19H,5-8H2,1-4H3,(H,23,24,25). The van der Waals surface area contributed by atoms with Gasteiger partial charge in [-0.2, -0.15) is 8.42 Å².